The van der Waals surface area contributed by atoms with E-state index in [0.717, 1.165) is 73.5 Å². The molecule has 0 atom stereocenters. The normalized spacial score (nSPS) is 12.2. The molecule has 7 heteroatoms. The summed E-state index contributed by atoms with van der Waals surface area (Å²) < 4.78 is 8.82. The molecule has 0 fully saturated rings. The zero-order valence-electron chi connectivity index (χ0n) is 41.0. The summed E-state index contributed by atoms with van der Waals surface area (Å²) in [5, 5.41) is 3.63. The molecule has 0 unspecified atom stereocenters. The molecule has 1 radical (unpaired) electrons. The molecule has 4 aromatic heterocycles. The Morgan fingerprint density at radius 2 is 1.35 bits per heavy atom. The summed E-state index contributed by atoms with van der Waals surface area (Å²) in [7, 11) is -1.37. The van der Waals surface area contributed by atoms with E-state index in [1.807, 2.05) is 36.4 Å². The predicted octanol–water partition coefficient (Wildman–Crippen LogP) is 15.7. The molecule has 0 aliphatic heterocycles. The largest absolute Gasteiger partial charge is 0.501 e. The first-order chi connectivity index (χ1) is 30.8. The maximum atomic E-state index is 6.53. The van der Waals surface area contributed by atoms with E-state index < -0.39 is 8.07 Å². The third-order valence-corrected chi connectivity index (χ3v) is 14.1. The first-order valence-electron chi connectivity index (χ1n) is 23.2. The summed E-state index contributed by atoms with van der Waals surface area (Å²) in [6.45, 7) is 29.8. The molecule has 4 heterocycles. The van der Waals surface area contributed by atoms with Crippen LogP contribution in [0, 0.1) is 17.5 Å². The van der Waals surface area contributed by atoms with Gasteiger partial charge >= 0.3 is 0 Å². The van der Waals surface area contributed by atoms with E-state index in [1.54, 1.807) is 0 Å². The fourth-order valence-electron chi connectivity index (χ4n) is 8.82. The van der Waals surface area contributed by atoms with E-state index in [4.69, 9.17) is 19.4 Å². The van der Waals surface area contributed by atoms with Crippen LogP contribution in [0.1, 0.15) is 103 Å². The molecular weight excluding hydrogens is 1000 g/mol. The van der Waals surface area contributed by atoms with Gasteiger partial charge in [0.1, 0.15) is 5.58 Å². The third-order valence-electron chi connectivity index (χ3n) is 12.1. The molecular formula is C59H64IrN4OSi-2. The summed E-state index contributed by atoms with van der Waals surface area (Å²) in [6.07, 6.45) is 3.21. The van der Waals surface area contributed by atoms with Crippen molar-refractivity contribution in [2.24, 2.45) is 5.41 Å². The second-order valence-corrected chi connectivity index (χ2v) is 26.5. The SMILES string of the molecule is CC(C)(C)Cc1cc(-c2[c-]cccc2)ncc1[Si](C)(C)C.CC(C)c1cc(-c2ccccc2)cc(C(C)C)c1-n1c(-c2[c-]ccc3c2oc2ccccc23)nc2ccc(C(C)(C)C)nc21.[Ir]. The Kier molecular flexibility index (Phi) is 14.0. The molecule has 66 heavy (non-hydrogen) atoms. The zero-order valence-corrected chi connectivity index (χ0v) is 44.4. The van der Waals surface area contributed by atoms with E-state index in [1.165, 1.54) is 33.0 Å². The topological polar surface area (TPSA) is 56.7 Å². The van der Waals surface area contributed by atoms with Crippen molar-refractivity contribution in [1.29, 1.82) is 0 Å². The van der Waals surface area contributed by atoms with Gasteiger partial charge in [-0.1, -0.05) is 160 Å². The van der Waals surface area contributed by atoms with Crippen LogP contribution in [0.25, 0.3) is 72.6 Å². The molecule has 0 aliphatic rings. The smallest absolute Gasteiger partial charge is 0.155 e. The van der Waals surface area contributed by atoms with E-state index in [2.05, 4.69) is 197 Å². The first kappa shape index (κ1) is 48.5. The number of imidazole rings is 1. The Bertz CT molecular complexity index is 3100. The monoisotopic (exact) mass is 1070 g/mol. The van der Waals surface area contributed by atoms with Gasteiger partial charge in [-0.3, -0.25) is 4.98 Å². The molecule has 0 aliphatic carbocycles. The molecule has 0 spiro atoms. The molecule has 5 aromatic carbocycles. The van der Waals surface area contributed by atoms with Gasteiger partial charge in [0.15, 0.2) is 5.65 Å². The molecule has 0 bridgehead atoms. The number of aromatic nitrogens is 4. The summed E-state index contributed by atoms with van der Waals surface area (Å²) >= 11 is 0. The van der Waals surface area contributed by atoms with Crippen LogP contribution in [-0.2, 0) is 31.9 Å². The Morgan fingerprint density at radius 1 is 0.682 bits per heavy atom. The Labute approximate surface area is 407 Å². The second kappa shape index (κ2) is 19.0. The Balaban J connectivity index is 0.000000249. The Hall–Kier alpha value is -5.46. The average Bonchev–Trinajstić information content (AvgIpc) is 3.84. The van der Waals surface area contributed by atoms with Crippen molar-refractivity contribution in [2.75, 3.05) is 0 Å². The van der Waals surface area contributed by atoms with Crippen molar-refractivity contribution in [3.8, 4) is 39.5 Å². The van der Waals surface area contributed by atoms with Crippen LogP contribution in [0.4, 0.5) is 0 Å². The van der Waals surface area contributed by atoms with Gasteiger partial charge in [0.2, 0.25) is 0 Å². The number of benzene rings is 5. The van der Waals surface area contributed by atoms with Crippen LogP contribution in [0.5, 0.6) is 0 Å². The van der Waals surface area contributed by atoms with Crippen LogP contribution in [0.2, 0.25) is 19.6 Å². The number of nitrogens with zero attached hydrogens (tertiary/aromatic N) is 4. The second-order valence-electron chi connectivity index (χ2n) is 21.4. The summed E-state index contributed by atoms with van der Waals surface area (Å²) in [4.78, 5) is 15.3. The van der Waals surface area contributed by atoms with Crippen LogP contribution < -0.4 is 5.19 Å². The fraction of sp³-hybridized carbons (Fsp3) is 0.305. The number of hydrogen-bond donors (Lipinski definition) is 0. The summed E-state index contributed by atoms with van der Waals surface area (Å²) in [5.74, 6) is 1.31. The van der Waals surface area contributed by atoms with Crippen molar-refractivity contribution < 1.29 is 24.5 Å². The van der Waals surface area contributed by atoms with E-state index in [9.17, 15) is 0 Å². The minimum absolute atomic E-state index is 0. The number of pyridine rings is 2. The number of para-hydroxylation sites is 1. The summed E-state index contributed by atoms with van der Waals surface area (Å²) in [6, 6.07) is 49.1. The van der Waals surface area contributed by atoms with Crippen molar-refractivity contribution in [1.82, 2.24) is 19.5 Å². The van der Waals surface area contributed by atoms with E-state index in [-0.39, 0.29) is 42.8 Å². The van der Waals surface area contributed by atoms with Crippen molar-refractivity contribution in [3.05, 3.63) is 162 Å². The number of rotatable bonds is 8. The van der Waals surface area contributed by atoms with Gasteiger partial charge in [0, 0.05) is 48.5 Å². The summed E-state index contributed by atoms with van der Waals surface area (Å²) in [5.41, 5.74) is 15.1. The van der Waals surface area contributed by atoms with Gasteiger partial charge in [-0.2, -0.15) is 0 Å². The van der Waals surface area contributed by atoms with Gasteiger partial charge in [-0.15, -0.1) is 54.1 Å². The van der Waals surface area contributed by atoms with Gasteiger partial charge in [-0.05, 0) is 87.1 Å². The third kappa shape index (κ3) is 10.1. The standard InChI is InChI=1S/C40H38N3O.C19H26NSi.Ir/c1-24(2)31-22-27(26-14-9-8-10-15-26)23-32(25(3)4)36(31)43-38(41-33-20-21-35(40(5,6)7)42-39(33)43)30-18-13-17-29-28-16-11-12-19-34(28)44-37(29)30;1-19(2,3)13-16-12-17(15-10-8-7-9-11-15)20-14-18(16)21(4,5)6;/h8-17,19-25H,1-7H3;7-10,12,14H,13H2,1-6H3;/q2*-1;. The van der Waals surface area contributed by atoms with Crippen LogP contribution in [0.15, 0.2) is 132 Å². The number of furan rings is 1. The van der Waals surface area contributed by atoms with Gasteiger partial charge in [-0.25, -0.2) is 4.98 Å². The first-order valence-corrected chi connectivity index (χ1v) is 26.7. The van der Waals surface area contributed by atoms with Gasteiger partial charge in [0.25, 0.3) is 0 Å². The molecule has 0 amide bonds. The predicted molar refractivity (Wildman–Crippen MR) is 277 cm³/mol. The number of hydrogen-bond acceptors (Lipinski definition) is 4. The van der Waals surface area contributed by atoms with Crippen LogP contribution >= 0.6 is 0 Å². The van der Waals surface area contributed by atoms with Crippen molar-refractivity contribution in [2.45, 2.75) is 113 Å². The molecule has 9 aromatic rings. The molecule has 341 valence electrons. The maximum absolute atomic E-state index is 6.53. The fourth-order valence-corrected chi connectivity index (χ4v) is 10.4. The number of fused-ring (bicyclic) bond motifs is 4. The molecule has 5 nitrogen and oxygen atoms in total. The maximum Gasteiger partial charge on any atom is 0.155 e. The van der Waals surface area contributed by atoms with Crippen LogP contribution in [-0.4, -0.2) is 27.6 Å². The molecule has 0 N–H and O–H groups in total. The van der Waals surface area contributed by atoms with Gasteiger partial charge in [0.05, 0.1) is 25.0 Å². The molecule has 9 rings (SSSR count). The minimum atomic E-state index is -1.37. The quantitative estimate of drug-likeness (QED) is 0.112. The van der Waals surface area contributed by atoms with E-state index in [0.29, 0.717) is 0 Å². The van der Waals surface area contributed by atoms with Crippen molar-refractivity contribution in [3.63, 3.8) is 0 Å². The zero-order chi connectivity index (χ0) is 46.4. The Morgan fingerprint density at radius 3 is 1.97 bits per heavy atom. The van der Waals surface area contributed by atoms with Crippen LogP contribution in [0.3, 0.4) is 0 Å². The van der Waals surface area contributed by atoms with E-state index >= 15 is 0 Å². The van der Waals surface area contributed by atoms with Gasteiger partial charge < -0.3 is 14.0 Å². The average molecular weight is 1070 g/mol. The van der Waals surface area contributed by atoms with Crippen molar-refractivity contribution >= 4 is 46.4 Å². The minimum Gasteiger partial charge on any atom is -0.501 e. The molecule has 0 saturated carbocycles. The molecule has 0 saturated heterocycles.